The van der Waals surface area contributed by atoms with Crippen LogP contribution >= 0.6 is 0 Å². The van der Waals surface area contributed by atoms with E-state index < -0.39 is 24.2 Å². The molecule has 0 amide bonds. The molecule has 0 bridgehead atoms. The molecule has 0 spiro atoms. The number of nitrogens with one attached hydrogen (secondary N) is 1. The van der Waals surface area contributed by atoms with E-state index in [0.29, 0.717) is 0 Å². The van der Waals surface area contributed by atoms with E-state index in [0.717, 1.165) is 0 Å². The van der Waals surface area contributed by atoms with Gasteiger partial charge in [0.25, 0.3) is 0 Å². The number of aliphatic hydroxyl groups excluding tert-OH is 2. The molecule has 5 heteroatoms. The number of rotatable bonds is 1. The zero-order valence-corrected chi connectivity index (χ0v) is 5.19. The molecule has 0 saturated carbocycles. The smallest absolute Gasteiger partial charge is 0.323 e. The van der Waals surface area contributed by atoms with E-state index in [-0.39, 0.29) is 6.54 Å². The van der Waals surface area contributed by atoms with Gasteiger partial charge in [0.1, 0.15) is 12.1 Å². The number of carboxylic acids is 1. The SMILES string of the molecule is O=C(O)C1NCC(O)C1O. The zero-order chi connectivity index (χ0) is 7.72. The maximum Gasteiger partial charge on any atom is 0.323 e. The van der Waals surface area contributed by atoms with Crippen LogP contribution in [0.4, 0.5) is 0 Å². The fraction of sp³-hybridized carbons (Fsp3) is 0.800. The van der Waals surface area contributed by atoms with Gasteiger partial charge >= 0.3 is 5.97 Å². The molecule has 1 saturated heterocycles. The molecule has 1 aliphatic rings. The lowest BCUT2D eigenvalue weighted by atomic mass is 10.1. The summed E-state index contributed by atoms with van der Waals surface area (Å²) in [6.45, 7) is 0.137. The molecule has 5 nitrogen and oxygen atoms in total. The van der Waals surface area contributed by atoms with Crippen LogP contribution in [-0.4, -0.2) is 46.1 Å². The molecule has 10 heavy (non-hydrogen) atoms. The predicted octanol–water partition coefficient (Wildman–Crippen LogP) is -2.24. The van der Waals surface area contributed by atoms with Gasteiger partial charge in [0.15, 0.2) is 0 Å². The molecule has 3 atom stereocenters. The molecule has 3 unspecified atom stereocenters. The van der Waals surface area contributed by atoms with Crippen LogP contribution in [0.3, 0.4) is 0 Å². The maximum absolute atomic E-state index is 10.2. The summed E-state index contributed by atoms with van der Waals surface area (Å²) in [4.78, 5) is 10.2. The van der Waals surface area contributed by atoms with Gasteiger partial charge < -0.3 is 15.3 Å². The second kappa shape index (κ2) is 2.53. The topological polar surface area (TPSA) is 89.8 Å². The first kappa shape index (κ1) is 7.46. The molecular weight excluding hydrogens is 138 g/mol. The number of β-amino-alcohol motifs (C(OH)–C–C–N with tert-alkyl or cyclic N) is 1. The van der Waals surface area contributed by atoms with Gasteiger partial charge in [-0.05, 0) is 0 Å². The van der Waals surface area contributed by atoms with Crippen molar-refractivity contribution >= 4 is 5.97 Å². The maximum atomic E-state index is 10.2. The molecule has 1 aliphatic heterocycles. The van der Waals surface area contributed by atoms with Crippen LogP contribution < -0.4 is 5.32 Å². The van der Waals surface area contributed by atoms with Gasteiger partial charge in [-0.1, -0.05) is 0 Å². The zero-order valence-electron chi connectivity index (χ0n) is 5.19. The second-order valence-corrected chi connectivity index (χ2v) is 2.28. The van der Waals surface area contributed by atoms with Crippen LogP contribution in [0.1, 0.15) is 0 Å². The highest BCUT2D eigenvalue weighted by Crippen LogP contribution is 2.06. The van der Waals surface area contributed by atoms with Crippen LogP contribution in [0, 0.1) is 0 Å². The van der Waals surface area contributed by atoms with E-state index in [1.807, 2.05) is 0 Å². The summed E-state index contributed by atoms with van der Waals surface area (Å²) < 4.78 is 0. The Morgan fingerprint density at radius 2 is 2.10 bits per heavy atom. The second-order valence-electron chi connectivity index (χ2n) is 2.28. The summed E-state index contributed by atoms with van der Waals surface area (Å²) in [6.07, 6.45) is -2.14. The number of hydrogen-bond acceptors (Lipinski definition) is 4. The monoisotopic (exact) mass is 147 g/mol. The molecule has 1 fully saturated rings. The molecule has 0 aromatic heterocycles. The normalized spacial score (nSPS) is 40.0. The molecule has 0 radical (unpaired) electrons. The number of carbonyl (C=O) groups is 1. The van der Waals surface area contributed by atoms with Crippen LogP contribution in [0.15, 0.2) is 0 Å². The standard InChI is InChI=1S/C5H9NO4/c7-2-1-6-3(4(2)8)5(9)10/h2-4,6-8H,1H2,(H,9,10). The van der Waals surface area contributed by atoms with Crippen LogP contribution in [-0.2, 0) is 4.79 Å². The van der Waals surface area contributed by atoms with Gasteiger partial charge in [-0.3, -0.25) is 10.1 Å². The average Bonchev–Trinajstić information content (AvgIpc) is 2.14. The Labute approximate surface area is 57.3 Å². The van der Waals surface area contributed by atoms with Crippen molar-refractivity contribution in [3.8, 4) is 0 Å². The van der Waals surface area contributed by atoms with Gasteiger partial charge in [0.05, 0.1) is 6.10 Å². The molecule has 1 rings (SSSR count). The Bertz CT molecular complexity index is 149. The van der Waals surface area contributed by atoms with Crippen LogP contribution in [0.2, 0.25) is 0 Å². The lowest BCUT2D eigenvalue weighted by Gasteiger charge is -2.09. The van der Waals surface area contributed by atoms with Crippen LogP contribution in [0.5, 0.6) is 0 Å². The van der Waals surface area contributed by atoms with Crippen molar-refractivity contribution in [3.63, 3.8) is 0 Å². The van der Waals surface area contributed by atoms with Crippen LogP contribution in [0.25, 0.3) is 0 Å². The van der Waals surface area contributed by atoms with E-state index in [4.69, 9.17) is 15.3 Å². The number of aliphatic carboxylic acids is 1. The fourth-order valence-corrected chi connectivity index (χ4v) is 0.945. The van der Waals surface area contributed by atoms with Gasteiger partial charge in [0, 0.05) is 6.54 Å². The third kappa shape index (κ3) is 1.11. The van der Waals surface area contributed by atoms with Crippen molar-refractivity contribution in [2.24, 2.45) is 0 Å². The van der Waals surface area contributed by atoms with E-state index in [9.17, 15) is 4.79 Å². The highest BCUT2D eigenvalue weighted by atomic mass is 16.4. The number of hydrogen-bond donors (Lipinski definition) is 4. The Balaban J connectivity index is 2.57. The van der Waals surface area contributed by atoms with Crippen molar-refractivity contribution < 1.29 is 20.1 Å². The molecule has 0 aliphatic carbocycles. The Morgan fingerprint density at radius 1 is 1.50 bits per heavy atom. The quantitative estimate of drug-likeness (QED) is 0.337. The summed E-state index contributed by atoms with van der Waals surface area (Å²) in [7, 11) is 0. The van der Waals surface area contributed by atoms with E-state index in [2.05, 4.69) is 5.32 Å². The molecule has 0 aromatic carbocycles. The van der Waals surface area contributed by atoms with Crippen molar-refractivity contribution in [3.05, 3.63) is 0 Å². The van der Waals surface area contributed by atoms with E-state index in [1.54, 1.807) is 0 Å². The molecule has 4 N–H and O–H groups in total. The van der Waals surface area contributed by atoms with E-state index in [1.165, 1.54) is 0 Å². The third-order valence-electron chi connectivity index (χ3n) is 1.55. The fourth-order valence-electron chi connectivity index (χ4n) is 0.945. The van der Waals surface area contributed by atoms with E-state index >= 15 is 0 Å². The Hall–Kier alpha value is -0.650. The molecule has 58 valence electrons. The van der Waals surface area contributed by atoms with Gasteiger partial charge in [0.2, 0.25) is 0 Å². The summed E-state index contributed by atoms with van der Waals surface area (Å²) in [6, 6.07) is -1.02. The van der Waals surface area contributed by atoms with Crippen molar-refractivity contribution in [1.29, 1.82) is 0 Å². The first-order valence-electron chi connectivity index (χ1n) is 2.95. The predicted molar refractivity (Wildman–Crippen MR) is 31.4 cm³/mol. The summed E-state index contributed by atoms with van der Waals surface area (Å²) in [5.74, 6) is -1.14. The van der Waals surface area contributed by atoms with Gasteiger partial charge in [-0.15, -0.1) is 0 Å². The minimum atomic E-state index is -1.18. The number of aliphatic hydroxyl groups is 2. The highest BCUT2D eigenvalue weighted by Gasteiger charge is 2.37. The molecule has 1 heterocycles. The number of carboxylic acid groups (broad SMARTS) is 1. The Kier molecular flexibility index (Phi) is 1.89. The Morgan fingerprint density at radius 3 is 2.30 bits per heavy atom. The third-order valence-corrected chi connectivity index (χ3v) is 1.55. The first-order valence-corrected chi connectivity index (χ1v) is 2.95. The lowest BCUT2D eigenvalue weighted by molar-refractivity contribution is -0.142. The van der Waals surface area contributed by atoms with Gasteiger partial charge in [-0.2, -0.15) is 0 Å². The minimum absolute atomic E-state index is 0.137. The molecular formula is C5H9NO4. The van der Waals surface area contributed by atoms with Gasteiger partial charge in [-0.25, -0.2) is 0 Å². The van der Waals surface area contributed by atoms with Crippen molar-refractivity contribution in [2.75, 3.05) is 6.54 Å². The van der Waals surface area contributed by atoms with Crippen molar-refractivity contribution in [2.45, 2.75) is 18.2 Å². The largest absolute Gasteiger partial charge is 0.480 e. The minimum Gasteiger partial charge on any atom is -0.480 e. The average molecular weight is 147 g/mol. The molecule has 0 aromatic rings. The first-order chi connectivity index (χ1) is 4.63. The highest BCUT2D eigenvalue weighted by molar-refractivity contribution is 5.74. The summed E-state index contributed by atoms with van der Waals surface area (Å²) >= 11 is 0. The lowest BCUT2D eigenvalue weighted by Crippen LogP contribution is -2.39. The van der Waals surface area contributed by atoms with Crippen molar-refractivity contribution in [1.82, 2.24) is 5.32 Å². The summed E-state index contributed by atoms with van der Waals surface area (Å²) in [5, 5.41) is 28.6. The summed E-state index contributed by atoms with van der Waals surface area (Å²) in [5.41, 5.74) is 0.